The van der Waals surface area contributed by atoms with Crippen LogP contribution in [0.3, 0.4) is 0 Å². The third kappa shape index (κ3) is 2.85. The first kappa shape index (κ1) is 16.3. The Balaban J connectivity index is 2.00. The second-order valence-corrected chi connectivity index (χ2v) is 6.77. The number of hydrogen-bond acceptors (Lipinski definition) is 4. The molecule has 23 heavy (non-hydrogen) atoms. The first-order chi connectivity index (χ1) is 10.5. The lowest BCUT2D eigenvalue weighted by molar-refractivity contribution is -0.141. The van der Waals surface area contributed by atoms with E-state index in [1.807, 2.05) is 33.8 Å². The summed E-state index contributed by atoms with van der Waals surface area (Å²) in [6, 6.07) is 2.58. The Morgan fingerprint density at radius 3 is 2.13 bits per heavy atom. The lowest BCUT2D eigenvalue weighted by Crippen LogP contribution is -2.41. The molecule has 0 radical (unpaired) electrons. The molecule has 4 nitrogen and oxygen atoms in total. The fourth-order valence-corrected chi connectivity index (χ4v) is 2.32. The zero-order valence-corrected chi connectivity index (χ0v) is 13.4. The molecule has 0 atom stereocenters. The molecule has 0 saturated carbocycles. The molecule has 0 spiro atoms. The third-order valence-electron chi connectivity index (χ3n) is 4.53. The van der Waals surface area contributed by atoms with Crippen molar-refractivity contribution in [2.75, 3.05) is 11.4 Å². The molecule has 1 aromatic heterocycles. The summed E-state index contributed by atoms with van der Waals surface area (Å²) in [6.07, 6.45) is -0.990. The first-order valence-corrected chi connectivity index (χ1v) is 7.38. The molecule has 0 unspecified atom stereocenters. The number of anilines is 1. The molecular weight excluding hydrogens is 308 g/mol. The molecule has 0 N–H and O–H groups in total. The Morgan fingerprint density at radius 2 is 1.70 bits per heavy atom. The summed E-state index contributed by atoms with van der Waals surface area (Å²) in [4.78, 5) is 5.35. The van der Waals surface area contributed by atoms with Crippen molar-refractivity contribution in [1.29, 1.82) is 0 Å². The molecule has 3 heterocycles. The largest absolute Gasteiger partial charge is 0.495 e. The standard InChI is InChI=1S/C15H18BF3N2O2/c1-13(2)14(3,4)23-16(22-13)10-8-11(15(17,18)19)20-12(9-10)21-6-5-7-21/h5-6,8-9H,7H2,1-4H3. The fraction of sp³-hybridized carbons (Fsp3) is 0.533. The molecule has 3 rings (SSSR count). The molecule has 1 fully saturated rings. The van der Waals surface area contributed by atoms with E-state index in [-0.39, 0.29) is 5.82 Å². The van der Waals surface area contributed by atoms with Crippen LogP contribution < -0.4 is 10.4 Å². The molecule has 0 bridgehead atoms. The number of halogens is 3. The van der Waals surface area contributed by atoms with E-state index in [0.717, 1.165) is 6.07 Å². The van der Waals surface area contributed by atoms with Gasteiger partial charge in [-0.15, -0.1) is 0 Å². The smallest absolute Gasteiger partial charge is 0.399 e. The summed E-state index contributed by atoms with van der Waals surface area (Å²) in [7, 11) is -0.854. The van der Waals surface area contributed by atoms with Gasteiger partial charge in [0, 0.05) is 12.7 Å². The van der Waals surface area contributed by atoms with Crippen molar-refractivity contribution in [1.82, 2.24) is 4.98 Å². The van der Waals surface area contributed by atoms with Crippen LogP contribution in [0.5, 0.6) is 0 Å². The quantitative estimate of drug-likeness (QED) is 0.783. The third-order valence-corrected chi connectivity index (χ3v) is 4.53. The highest BCUT2D eigenvalue weighted by molar-refractivity contribution is 6.62. The van der Waals surface area contributed by atoms with Crippen LogP contribution >= 0.6 is 0 Å². The predicted molar refractivity (Wildman–Crippen MR) is 81.4 cm³/mol. The zero-order valence-electron chi connectivity index (χ0n) is 13.4. The second kappa shape index (κ2) is 4.98. The molecule has 124 valence electrons. The van der Waals surface area contributed by atoms with Crippen LogP contribution in [0.4, 0.5) is 19.0 Å². The van der Waals surface area contributed by atoms with E-state index in [4.69, 9.17) is 9.31 Å². The van der Waals surface area contributed by atoms with Gasteiger partial charge in [0.1, 0.15) is 11.5 Å². The summed E-state index contributed by atoms with van der Waals surface area (Å²) in [5.74, 6) is 0.243. The lowest BCUT2D eigenvalue weighted by atomic mass is 9.79. The molecule has 1 saturated heterocycles. The summed E-state index contributed by atoms with van der Waals surface area (Å²) < 4.78 is 51.1. The Hall–Kier alpha value is -1.54. The maximum atomic E-state index is 13.1. The maximum Gasteiger partial charge on any atom is 0.495 e. The van der Waals surface area contributed by atoms with Gasteiger partial charge in [-0.05, 0) is 51.4 Å². The van der Waals surface area contributed by atoms with Crippen molar-refractivity contribution < 1.29 is 22.5 Å². The number of alkyl halides is 3. The van der Waals surface area contributed by atoms with Crippen molar-refractivity contribution in [3.63, 3.8) is 0 Å². The number of pyridine rings is 1. The minimum Gasteiger partial charge on any atom is -0.399 e. The molecule has 8 heteroatoms. The van der Waals surface area contributed by atoms with E-state index in [0.29, 0.717) is 12.0 Å². The van der Waals surface area contributed by atoms with Gasteiger partial charge in [-0.1, -0.05) is 0 Å². The van der Waals surface area contributed by atoms with Gasteiger partial charge >= 0.3 is 13.3 Å². The Bertz CT molecular complexity index is 643. The van der Waals surface area contributed by atoms with Crippen LogP contribution in [0, 0.1) is 0 Å². The van der Waals surface area contributed by atoms with E-state index in [1.54, 1.807) is 17.2 Å². The Morgan fingerprint density at radius 1 is 1.13 bits per heavy atom. The van der Waals surface area contributed by atoms with Gasteiger partial charge < -0.3 is 14.2 Å². The predicted octanol–water partition coefficient (Wildman–Crippen LogP) is 2.73. The number of nitrogens with zero attached hydrogens (tertiary/aromatic N) is 2. The molecule has 2 aliphatic rings. The summed E-state index contributed by atoms with van der Waals surface area (Å²) >= 11 is 0. The monoisotopic (exact) mass is 326 g/mol. The second-order valence-electron chi connectivity index (χ2n) is 6.77. The van der Waals surface area contributed by atoms with Crippen LogP contribution in [0.25, 0.3) is 0 Å². The van der Waals surface area contributed by atoms with Gasteiger partial charge in [-0.2, -0.15) is 13.2 Å². The van der Waals surface area contributed by atoms with E-state index < -0.39 is 30.2 Å². The fourth-order valence-electron chi connectivity index (χ4n) is 2.32. The number of aromatic nitrogens is 1. The van der Waals surface area contributed by atoms with Gasteiger partial charge in [0.25, 0.3) is 0 Å². The molecule has 0 aliphatic carbocycles. The SMILES string of the molecule is CC1(C)OB(c2cc(N3C=CC3)nc(C(F)(F)F)c2)OC1(C)C. The van der Waals surface area contributed by atoms with Gasteiger partial charge in [0.2, 0.25) is 0 Å². The average molecular weight is 326 g/mol. The highest BCUT2D eigenvalue weighted by Crippen LogP contribution is 2.37. The first-order valence-electron chi connectivity index (χ1n) is 7.38. The van der Waals surface area contributed by atoms with Crippen molar-refractivity contribution >= 4 is 18.4 Å². The summed E-state index contributed by atoms with van der Waals surface area (Å²) in [6.45, 7) is 7.98. The molecular formula is C15H18BF3N2O2. The van der Waals surface area contributed by atoms with Gasteiger partial charge in [0.05, 0.1) is 11.2 Å². The minimum absolute atomic E-state index is 0.243. The minimum atomic E-state index is -4.52. The summed E-state index contributed by atoms with van der Waals surface area (Å²) in [5.41, 5.74) is -1.85. The topological polar surface area (TPSA) is 34.6 Å². The van der Waals surface area contributed by atoms with Crippen LogP contribution in [0.1, 0.15) is 33.4 Å². The zero-order chi connectivity index (χ0) is 17.0. The van der Waals surface area contributed by atoms with Gasteiger partial charge in [-0.3, -0.25) is 0 Å². The molecule has 0 amide bonds. The summed E-state index contributed by atoms with van der Waals surface area (Å²) in [5, 5.41) is 0. The van der Waals surface area contributed by atoms with Crippen LogP contribution in [-0.2, 0) is 15.5 Å². The van der Waals surface area contributed by atoms with E-state index in [9.17, 15) is 13.2 Å². The Labute approximate surface area is 133 Å². The average Bonchev–Trinajstić information content (AvgIpc) is 2.55. The molecule has 0 aromatic carbocycles. The van der Waals surface area contributed by atoms with E-state index >= 15 is 0 Å². The van der Waals surface area contributed by atoms with Crippen molar-refractivity contribution in [3.05, 3.63) is 30.1 Å². The van der Waals surface area contributed by atoms with Gasteiger partial charge in [-0.25, -0.2) is 4.98 Å². The van der Waals surface area contributed by atoms with Crippen molar-refractivity contribution in [2.45, 2.75) is 45.1 Å². The highest BCUT2D eigenvalue weighted by atomic mass is 19.4. The van der Waals surface area contributed by atoms with E-state index in [2.05, 4.69) is 4.98 Å². The number of rotatable bonds is 2. The van der Waals surface area contributed by atoms with Crippen molar-refractivity contribution in [3.8, 4) is 0 Å². The van der Waals surface area contributed by atoms with Gasteiger partial charge in [0.15, 0.2) is 0 Å². The van der Waals surface area contributed by atoms with Crippen LogP contribution in [-0.4, -0.2) is 29.8 Å². The lowest BCUT2D eigenvalue weighted by Gasteiger charge is -2.32. The Kier molecular flexibility index (Phi) is 3.53. The van der Waals surface area contributed by atoms with Crippen molar-refractivity contribution in [2.24, 2.45) is 0 Å². The van der Waals surface area contributed by atoms with Crippen LogP contribution in [0.15, 0.2) is 24.4 Å². The molecule has 1 aromatic rings. The van der Waals surface area contributed by atoms with E-state index in [1.165, 1.54) is 0 Å². The highest BCUT2D eigenvalue weighted by Gasteiger charge is 2.52. The molecule has 2 aliphatic heterocycles. The normalized spacial score (nSPS) is 22.4. The maximum absolute atomic E-state index is 13.1. The number of hydrogen-bond donors (Lipinski definition) is 0. The van der Waals surface area contributed by atoms with Crippen LogP contribution in [0.2, 0.25) is 0 Å².